The molecule has 0 amide bonds. The summed E-state index contributed by atoms with van der Waals surface area (Å²) in [5, 5.41) is 3.52. The van der Waals surface area contributed by atoms with Crippen molar-refractivity contribution in [2.24, 2.45) is 0 Å². The fraction of sp³-hybridized carbons (Fsp3) is 0. The topological polar surface area (TPSA) is 76.2 Å². The Balaban J connectivity index is 2.69. The normalized spacial score (nSPS) is 11.2. The van der Waals surface area contributed by atoms with E-state index < -0.39 is 0 Å². The molecular formula is C10H8N4O. The zero-order valence-corrected chi connectivity index (χ0v) is 7.77. The van der Waals surface area contributed by atoms with Gasteiger partial charge in [-0.15, -0.1) is 0 Å². The summed E-state index contributed by atoms with van der Waals surface area (Å²) in [6.45, 7) is 0. The van der Waals surface area contributed by atoms with E-state index in [1.165, 1.54) is 6.07 Å². The molecule has 0 aliphatic heterocycles. The second-order valence-electron chi connectivity index (χ2n) is 3.33. The number of aromatic nitrogens is 3. The predicted octanol–water partition coefficient (Wildman–Crippen LogP) is 0.758. The van der Waals surface area contributed by atoms with Crippen LogP contribution in [-0.2, 0) is 0 Å². The average Bonchev–Trinajstić information content (AvgIpc) is 2.59. The van der Waals surface area contributed by atoms with E-state index in [1.54, 1.807) is 10.6 Å². The molecule has 1 aromatic carbocycles. The van der Waals surface area contributed by atoms with Crippen LogP contribution in [0.15, 0.2) is 35.1 Å². The summed E-state index contributed by atoms with van der Waals surface area (Å²) < 4.78 is 1.70. The standard InChI is InChI=1S/C10H8N4O/c11-10-12-9-5-8(15)6-3-1-2-4-7(6)14(9)13-10/h1-5H,(H3,11,12,13). The van der Waals surface area contributed by atoms with Crippen molar-refractivity contribution < 1.29 is 0 Å². The highest BCUT2D eigenvalue weighted by Gasteiger charge is 2.05. The number of hydrogen-bond acceptors (Lipinski definition) is 3. The number of hydrogen-bond donors (Lipinski definition) is 2. The minimum absolute atomic E-state index is 0.0444. The lowest BCUT2D eigenvalue weighted by molar-refractivity contribution is 1.01. The number of nitrogens with two attached hydrogens (primary N) is 1. The quantitative estimate of drug-likeness (QED) is 0.562. The van der Waals surface area contributed by atoms with Crippen LogP contribution in [0.1, 0.15) is 0 Å². The Morgan fingerprint density at radius 1 is 1.33 bits per heavy atom. The summed E-state index contributed by atoms with van der Waals surface area (Å²) in [4.78, 5) is 15.7. The second-order valence-corrected chi connectivity index (χ2v) is 3.33. The molecule has 5 nitrogen and oxygen atoms in total. The molecule has 2 aromatic heterocycles. The molecule has 0 fully saturated rings. The Labute approximate surface area is 84.1 Å². The van der Waals surface area contributed by atoms with E-state index in [0.29, 0.717) is 17.0 Å². The lowest BCUT2D eigenvalue weighted by Crippen LogP contribution is -2.04. The van der Waals surface area contributed by atoms with Crippen LogP contribution in [-0.4, -0.2) is 14.6 Å². The van der Waals surface area contributed by atoms with Crippen molar-refractivity contribution in [2.45, 2.75) is 0 Å². The van der Waals surface area contributed by atoms with Crippen LogP contribution in [0.25, 0.3) is 16.6 Å². The van der Waals surface area contributed by atoms with Crippen molar-refractivity contribution in [3.63, 3.8) is 0 Å². The van der Waals surface area contributed by atoms with Crippen LogP contribution in [0.2, 0.25) is 0 Å². The van der Waals surface area contributed by atoms with Crippen LogP contribution in [0.4, 0.5) is 5.95 Å². The summed E-state index contributed by atoms with van der Waals surface area (Å²) in [6.07, 6.45) is 0. The summed E-state index contributed by atoms with van der Waals surface area (Å²) in [5.41, 5.74) is 6.82. The van der Waals surface area contributed by atoms with Crippen molar-refractivity contribution >= 4 is 22.5 Å². The molecule has 0 saturated heterocycles. The third-order valence-electron chi connectivity index (χ3n) is 2.36. The van der Waals surface area contributed by atoms with Gasteiger partial charge in [0, 0.05) is 11.5 Å². The molecule has 3 aromatic rings. The molecule has 3 rings (SSSR count). The van der Waals surface area contributed by atoms with E-state index in [2.05, 4.69) is 10.1 Å². The fourth-order valence-electron chi connectivity index (χ4n) is 1.72. The largest absolute Gasteiger partial charge is 0.368 e. The van der Waals surface area contributed by atoms with Crippen molar-refractivity contribution in [3.8, 4) is 0 Å². The number of H-pyrrole nitrogens is 1. The maximum atomic E-state index is 11.7. The number of nitrogens with one attached hydrogen (secondary N) is 1. The fourth-order valence-corrected chi connectivity index (χ4v) is 1.72. The smallest absolute Gasteiger partial charge is 0.214 e. The van der Waals surface area contributed by atoms with E-state index >= 15 is 0 Å². The van der Waals surface area contributed by atoms with Crippen molar-refractivity contribution in [2.75, 3.05) is 5.73 Å². The van der Waals surface area contributed by atoms with E-state index in [4.69, 9.17) is 5.73 Å². The monoisotopic (exact) mass is 200 g/mol. The Hall–Kier alpha value is -2.30. The minimum Gasteiger partial charge on any atom is -0.368 e. The van der Waals surface area contributed by atoms with Gasteiger partial charge in [0.05, 0.1) is 5.52 Å². The van der Waals surface area contributed by atoms with Crippen molar-refractivity contribution in [3.05, 3.63) is 40.6 Å². The van der Waals surface area contributed by atoms with E-state index in [1.807, 2.05) is 18.2 Å². The molecule has 74 valence electrons. The Morgan fingerprint density at radius 3 is 3.00 bits per heavy atom. The van der Waals surface area contributed by atoms with Gasteiger partial charge in [0.15, 0.2) is 11.1 Å². The van der Waals surface area contributed by atoms with E-state index in [0.717, 1.165) is 5.52 Å². The molecule has 0 aliphatic rings. The molecule has 0 radical (unpaired) electrons. The molecule has 0 bridgehead atoms. The summed E-state index contributed by atoms with van der Waals surface area (Å²) >= 11 is 0. The maximum absolute atomic E-state index is 11.7. The first kappa shape index (κ1) is 8.05. The SMILES string of the molecule is Nc1nc2cc(=O)c3ccccc3n2[nH]1. The van der Waals surface area contributed by atoms with Gasteiger partial charge < -0.3 is 5.73 Å². The summed E-state index contributed by atoms with van der Waals surface area (Å²) in [7, 11) is 0. The van der Waals surface area contributed by atoms with Crippen molar-refractivity contribution in [1.29, 1.82) is 0 Å². The number of pyridine rings is 1. The summed E-state index contributed by atoms with van der Waals surface area (Å²) in [5.74, 6) is 0.297. The highest BCUT2D eigenvalue weighted by molar-refractivity contribution is 5.81. The number of para-hydroxylation sites is 1. The third-order valence-corrected chi connectivity index (χ3v) is 2.36. The molecule has 5 heteroatoms. The van der Waals surface area contributed by atoms with Crippen LogP contribution in [0, 0.1) is 0 Å². The first-order chi connectivity index (χ1) is 7.25. The van der Waals surface area contributed by atoms with Gasteiger partial charge >= 0.3 is 0 Å². The lowest BCUT2D eigenvalue weighted by Gasteiger charge is -1.98. The van der Waals surface area contributed by atoms with Gasteiger partial charge in [0.25, 0.3) is 0 Å². The number of anilines is 1. The summed E-state index contributed by atoms with van der Waals surface area (Å²) in [6, 6.07) is 8.79. The zero-order chi connectivity index (χ0) is 10.4. The first-order valence-electron chi connectivity index (χ1n) is 4.52. The van der Waals surface area contributed by atoms with Gasteiger partial charge in [-0.05, 0) is 12.1 Å². The number of nitrogens with zero attached hydrogens (tertiary/aromatic N) is 2. The Bertz CT molecular complexity index is 710. The van der Waals surface area contributed by atoms with Crippen molar-refractivity contribution in [1.82, 2.24) is 14.6 Å². The molecule has 3 N–H and O–H groups in total. The van der Waals surface area contributed by atoms with E-state index in [9.17, 15) is 4.79 Å². The van der Waals surface area contributed by atoms with E-state index in [-0.39, 0.29) is 5.43 Å². The first-order valence-corrected chi connectivity index (χ1v) is 4.52. The second kappa shape index (κ2) is 2.60. The number of fused-ring (bicyclic) bond motifs is 3. The molecule has 15 heavy (non-hydrogen) atoms. The van der Waals surface area contributed by atoms with Crippen LogP contribution < -0.4 is 11.2 Å². The Morgan fingerprint density at radius 2 is 2.13 bits per heavy atom. The number of benzene rings is 1. The van der Waals surface area contributed by atoms with Gasteiger partial charge in [-0.3, -0.25) is 9.89 Å². The zero-order valence-electron chi connectivity index (χ0n) is 7.77. The molecule has 0 saturated carbocycles. The predicted molar refractivity (Wildman–Crippen MR) is 57.7 cm³/mol. The average molecular weight is 200 g/mol. The molecule has 0 spiro atoms. The lowest BCUT2D eigenvalue weighted by atomic mass is 10.2. The van der Waals surface area contributed by atoms with Crippen LogP contribution >= 0.6 is 0 Å². The molecular weight excluding hydrogens is 192 g/mol. The van der Waals surface area contributed by atoms with Gasteiger partial charge in [-0.25, -0.2) is 4.52 Å². The van der Waals surface area contributed by atoms with Crippen LogP contribution in [0.3, 0.4) is 0 Å². The molecule has 0 atom stereocenters. The molecule has 2 heterocycles. The number of aromatic amines is 1. The van der Waals surface area contributed by atoms with Gasteiger partial charge in [0.1, 0.15) is 0 Å². The number of nitrogen functional groups attached to an aromatic ring is 1. The maximum Gasteiger partial charge on any atom is 0.214 e. The number of rotatable bonds is 0. The molecule has 0 aliphatic carbocycles. The highest BCUT2D eigenvalue weighted by atomic mass is 16.1. The molecule has 0 unspecified atom stereocenters. The highest BCUT2D eigenvalue weighted by Crippen LogP contribution is 2.11. The minimum atomic E-state index is -0.0444. The van der Waals surface area contributed by atoms with Gasteiger partial charge in [-0.1, -0.05) is 12.1 Å². The van der Waals surface area contributed by atoms with Crippen LogP contribution in [0.5, 0.6) is 0 Å². The Kier molecular flexibility index (Phi) is 1.39. The van der Waals surface area contributed by atoms with Gasteiger partial charge in [-0.2, -0.15) is 4.98 Å². The third kappa shape index (κ3) is 1.03. The van der Waals surface area contributed by atoms with Gasteiger partial charge in [0.2, 0.25) is 5.95 Å².